The first-order valence-electron chi connectivity index (χ1n) is 20.0. The first kappa shape index (κ1) is 43.5. The number of imidazole rings is 1. The molecule has 2 atom stereocenters. The molecule has 17 nitrogen and oxygen atoms in total. The number of alkyl carbamates (subject to hydrolysis) is 2. The molecule has 2 saturated heterocycles. The van der Waals surface area contributed by atoms with Gasteiger partial charge in [0.1, 0.15) is 18.9 Å². The number of methoxy groups -OCH3 is 3. The van der Waals surface area contributed by atoms with Crippen molar-refractivity contribution in [2.45, 2.75) is 57.0 Å². The molecule has 4 aromatic rings. The zero-order valence-corrected chi connectivity index (χ0v) is 34.3. The van der Waals surface area contributed by atoms with Crippen molar-refractivity contribution < 1.29 is 48.1 Å². The molecular weight excluding hydrogens is 787 g/mol. The molecule has 1 aromatic heterocycles. The molecule has 0 aliphatic carbocycles. The zero-order valence-electron chi connectivity index (χ0n) is 34.3. The number of aromatic amines is 1. The number of fused-ring (bicyclic) bond motifs is 1. The molecule has 2 fully saturated rings. The first-order valence-corrected chi connectivity index (χ1v) is 20.0. The van der Waals surface area contributed by atoms with E-state index in [4.69, 9.17) is 15.1 Å². The number of esters is 1. The Morgan fingerprint density at radius 3 is 1.92 bits per heavy atom. The van der Waals surface area contributed by atoms with Crippen molar-refractivity contribution in [1.82, 2.24) is 30.4 Å². The monoisotopic (exact) mass is 835 g/mol. The van der Waals surface area contributed by atoms with E-state index in [9.17, 15) is 28.8 Å². The van der Waals surface area contributed by atoms with Gasteiger partial charge in [-0.25, -0.2) is 14.6 Å². The third-order valence-corrected chi connectivity index (χ3v) is 10.9. The highest BCUT2D eigenvalue weighted by molar-refractivity contribution is 6.05. The third-order valence-electron chi connectivity index (χ3n) is 10.9. The molecule has 0 bridgehead atoms. The largest absolute Gasteiger partial charge is 0.481 e. The van der Waals surface area contributed by atoms with Crippen molar-refractivity contribution in [3.8, 4) is 22.4 Å². The molecule has 0 unspecified atom stereocenters. The maximum Gasteiger partial charge on any atom is 0.407 e. The molecule has 4 N–H and O–H groups in total. The minimum absolute atomic E-state index is 0.0498. The van der Waals surface area contributed by atoms with Gasteiger partial charge in [0, 0.05) is 37.0 Å². The lowest BCUT2D eigenvalue weighted by atomic mass is 9.92. The first-order chi connectivity index (χ1) is 29.5. The molecule has 0 spiro atoms. The molecule has 0 saturated carbocycles. The predicted octanol–water partition coefficient (Wildman–Crippen LogP) is 5.47. The number of H-pyrrole nitrogens is 1. The standard InChI is InChI=1S/C39H41N7O6.C5H8O4/c1-51-38(49)42-22-35(47)45-17-5-9-33(45)31-19-26(20-40-31)24-11-13-25(14-12-24)27-15-16-30(29-8-4-3-7-28(27)29)32-21-41-37(44-32)34-10-6-18-46(34)36(48)23-43-39(50)52-2;1-9-5(8)3-2-4(6)7/h3-4,7-8,11-16,20-21,33-34H,5-6,9-10,17-19,22-23H2,1-2H3,(H,41,44)(H,42,49)(H,43,50);2-3H2,1H3,(H,6,7)/t33-,34-;/m0./s1. The Balaban J connectivity index is 0.000000622. The Hall–Kier alpha value is -7.04. The molecule has 4 heterocycles. The fourth-order valence-corrected chi connectivity index (χ4v) is 7.84. The average Bonchev–Trinajstić information content (AvgIpc) is 4.13. The van der Waals surface area contributed by atoms with Crippen LogP contribution < -0.4 is 10.6 Å². The van der Waals surface area contributed by atoms with Gasteiger partial charge in [-0.15, -0.1) is 0 Å². The van der Waals surface area contributed by atoms with Crippen molar-refractivity contribution in [3.05, 3.63) is 84.4 Å². The van der Waals surface area contributed by atoms with Gasteiger partial charge in [0.25, 0.3) is 0 Å². The number of aliphatic imine (C=N–C) groups is 1. The van der Waals surface area contributed by atoms with Crippen LogP contribution in [0.5, 0.6) is 0 Å². The van der Waals surface area contributed by atoms with E-state index in [2.05, 4.69) is 78.4 Å². The molecule has 4 amide bonds. The van der Waals surface area contributed by atoms with E-state index in [-0.39, 0.29) is 49.8 Å². The van der Waals surface area contributed by atoms with Crippen molar-refractivity contribution in [2.24, 2.45) is 4.99 Å². The summed E-state index contributed by atoms with van der Waals surface area (Å²) in [5.41, 5.74) is 7.22. The summed E-state index contributed by atoms with van der Waals surface area (Å²) < 4.78 is 13.4. The molecule has 0 radical (unpaired) electrons. The van der Waals surface area contributed by atoms with E-state index in [0.29, 0.717) is 19.5 Å². The number of allylic oxidation sites excluding steroid dienone is 1. The van der Waals surface area contributed by atoms with Crippen LogP contribution in [0.4, 0.5) is 9.59 Å². The highest BCUT2D eigenvalue weighted by Gasteiger charge is 2.34. The molecule has 320 valence electrons. The van der Waals surface area contributed by atoms with Crippen LogP contribution in [-0.4, -0.2) is 120 Å². The van der Waals surface area contributed by atoms with Gasteiger partial charge in [-0.2, -0.15) is 0 Å². The zero-order chi connectivity index (χ0) is 43.5. The molecule has 3 aromatic carbocycles. The minimum atomic E-state index is -0.986. The molecule has 3 aliphatic heterocycles. The predicted molar refractivity (Wildman–Crippen MR) is 225 cm³/mol. The number of benzene rings is 3. The van der Waals surface area contributed by atoms with Gasteiger partial charge in [-0.3, -0.25) is 24.2 Å². The molecular formula is C44H49N7O10. The van der Waals surface area contributed by atoms with Crippen molar-refractivity contribution in [1.29, 1.82) is 0 Å². The lowest BCUT2D eigenvalue weighted by Crippen LogP contribution is -2.45. The SMILES string of the molecule is COC(=O)CCC(=O)O.COC(=O)NCC(=O)N1CCC[C@H]1C1=NC=C(c2ccc(-c3ccc(-c4cnc([C@@H]5CCCN5C(=O)CNC(=O)OC)[nH]4)c4ccccc34)cc2)C1. The summed E-state index contributed by atoms with van der Waals surface area (Å²) in [6, 6.07) is 20.8. The number of rotatable bonds is 12. The molecule has 7 rings (SSSR count). The lowest BCUT2D eigenvalue weighted by Gasteiger charge is -2.25. The number of nitrogens with zero attached hydrogens (tertiary/aromatic N) is 4. The quantitative estimate of drug-likeness (QED) is 0.103. The number of hydrogen-bond acceptors (Lipinski definition) is 11. The fourth-order valence-electron chi connectivity index (χ4n) is 7.84. The van der Waals surface area contributed by atoms with Gasteiger partial charge in [-0.1, -0.05) is 60.7 Å². The average molecular weight is 836 g/mol. The second kappa shape index (κ2) is 20.3. The number of aliphatic carboxylic acids is 1. The third kappa shape index (κ3) is 10.6. The number of carboxylic acids is 1. The summed E-state index contributed by atoms with van der Waals surface area (Å²) in [5, 5.41) is 15.2. The normalized spacial score (nSPS) is 16.8. The van der Waals surface area contributed by atoms with Crippen molar-refractivity contribution in [2.75, 3.05) is 47.5 Å². The summed E-state index contributed by atoms with van der Waals surface area (Å²) in [7, 11) is 3.77. The number of carboxylic acid groups (broad SMARTS) is 1. The summed E-state index contributed by atoms with van der Waals surface area (Å²) in [4.78, 5) is 85.2. The van der Waals surface area contributed by atoms with Crippen LogP contribution in [0, 0.1) is 0 Å². The summed E-state index contributed by atoms with van der Waals surface area (Å²) >= 11 is 0. The summed E-state index contributed by atoms with van der Waals surface area (Å²) in [5.74, 6) is -1.07. The van der Waals surface area contributed by atoms with Crippen LogP contribution in [0.15, 0.2) is 78.1 Å². The van der Waals surface area contributed by atoms with E-state index in [0.717, 1.165) is 81.5 Å². The minimum Gasteiger partial charge on any atom is -0.481 e. The van der Waals surface area contributed by atoms with Gasteiger partial charge in [0.2, 0.25) is 11.8 Å². The van der Waals surface area contributed by atoms with Crippen LogP contribution in [0.2, 0.25) is 0 Å². The van der Waals surface area contributed by atoms with E-state index in [1.54, 1.807) is 4.90 Å². The number of likely N-dealkylation sites (tertiary alicyclic amines) is 2. The van der Waals surface area contributed by atoms with E-state index in [1.807, 2.05) is 29.4 Å². The van der Waals surface area contributed by atoms with E-state index < -0.39 is 24.1 Å². The fraction of sp³-hybridized carbons (Fsp3) is 0.364. The Bertz CT molecular complexity index is 2340. The van der Waals surface area contributed by atoms with Crippen LogP contribution in [-0.2, 0) is 33.4 Å². The number of nitrogens with one attached hydrogen (secondary N) is 3. The topological polar surface area (TPSA) is 222 Å². The maximum absolute atomic E-state index is 12.9. The van der Waals surface area contributed by atoms with Gasteiger partial charge >= 0.3 is 24.1 Å². The highest BCUT2D eigenvalue weighted by atomic mass is 16.5. The van der Waals surface area contributed by atoms with Gasteiger partial charge in [0.15, 0.2) is 0 Å². The lowest BCUT2D eigenvalue weighted by molar-refractivity contribution is -0.145. The molecule has 3 aliphatic rings. The van der Waals surface area contributed by atoms with Crippen LogP contribution >= 0.6 is 0 Å². The Morgan fingerprint density at radius 2 is 1.31 bits per heavy atom. The van der Waals surface area contributed by atoms with Crippen LogP contribution in [0.1, 0.15) is 62.4 Å². The van der Waals surface area contributed by atoms with Crippen molar-refractivity contribution in [3.63, 3.8) is 0 Å². The van der Waals surface area contributed by atoms with Crippen LogP contribution in [0.25, 0.3) is 38.7 Å². The van der Waals surface area contributed by atoms with E-state index >= 15 is 0 Å². The van der Waals surface area contributed by atoms with Gasteiger partial charge in [-0.05, 0) is 58.7 Å². The number of ether oxygens (including phenoxy) is 3. The van der Waals surface area contributed by atoms with Gasteiger partial charge < -0.3 is 44.7 Å². The maximum atomic E-state index is 12.9. The smallest absolute Gasteiger partial charge is 0.407 e. The molecule has 17 heteroatoms. The van der Waals surface area contributed by atoms with Crippen molar-refractivity contribution >= 4 is 58.0 Å². The number of carbonyl (C=O) groups is 6. The summed E-state index contributed by atoms with van der Waals surface area (Å²) in [6.45, 7) is 1.01. The Kier molecular flexibility index (Phi) is 14.5. The highest BCUT2D eigenvalue weighted by Crippen LogP contribution is 2.38. The Labute approximate surface area is 352 Å². The van der Waals surface area contributed by atoms with E-state index in [1.165, 1.54) is 21.3 Å². The number of carbonyl (C=O) groups excluding carboxylic acids is 5. The second-order valence-corrected chi connectivity index (χ2v) is 14.6. The Morgan fingerprint density at radius 1 is 0.738 bits per heavy atom. The summed E-state index contributed by atoms with van der Waals surface area (Å²) in [6.07, 6.45) is 6.30. The number of amides is 4. The van der Waals surface area contributed by atoms with Crippen LogP contribution in [0.3, 0.4) is 0 Å². The number of aromatic nitrogens is 2. The van der Waals surface area contributed by atoms with Gasteiger partial charge in [0.05, 0.1) is 58.1 Å². The molecule has 61 heavy (non-hydrogen) atoms. The number of hydrogen-bond donors (Lipinski definition) is 4. The second-order valence-electron chi connectivity index (χ2n) is 14.6.